The van der Waals surface area contributed by atoms with Crippen molar-refractivity contribution < 1.29 is 14.3 Å². The first-order valence-electron chi connectivity index (χ1n) is 7.89. The van der Waals surface area contributed by atoms with Gasteiger partial charge in [-0.25, -0.2) is 4.79 Å². The smallest absolute Gasteiger partial charge is 0.414 e. The molecule has 0 aromatic heterocycles. The fourth-order valence-electron chi connectivity index (χ4n) is 2.14. The number of ether oxygens (including phenoxy) is 1. The highest BCUT2D eigenvalue weighted by Crippen LogP contribution is 2.17. The second-order valence-corrected chi connectivity index (χ2v) is 5.86. The van der Waals surface area contributed by atoms with Gasteiger partial charge < -0.3 is 10.5 Å². The van der Waals surface area contributed by atoms with Crippen molar-refractivity contribution in [2.24, 2.45) is 5.73 Å². The van der Waals surface area contributed by atoms with Crippen LogP contribution in [0, 0.1) is 0 Å². The van der Waals surface area contributed by atoms with Crippen LogP contribution >= 0.6 is 0 Å². The lowest BCUT2D eigenvalue weighted by Crippen LogP contribution is -2.31. The van der Waals surface area contributed by atoms with Gasteiger partial charge in [0.05, 0.1) is 7.11 Å². The van der Waals surface area contributed by atoms with Gasteiger partial charge in [-0.05, 0) is 57.9 Å². The first-order valence-corrected chi connectivity index (χ1v) is 7.89. The number of nitrogens with zero attached hydrogens (tertiary/aromatic N) is 1. The third kappa shape index (κ3) is 6.28. The van der Waals surface area contributed by atoms with Crippen LogP contribution in [0.2, 0.25) is 0 Å². The van der Waals surface area contributed by atoms with Crippen molar-refractivity contribution in [3.05, 3.63) is 53.1 Å². The van der Waals surface area contributed by atoms with E-state index in [1.807, 2.05) is 13.0 Å². The Labute approximate surface area is 143 Å². The molecule has 1 aromatic carbocycles. The highest BCUT2D eigenvalue weighted by molar-refractivity contribution is 5.94. The molecule has 5 nitrogen and oxygen atoms in total. The lowest BCUT2D eigenvalue weighted by molar-refractivity contribution is 0.100. The molecule has 0 aliphatic rings. The van der Waals surface area contributed by atoms with E-state index in [2.05, 4.69) is 19.9 Å². The van der Waals surface area contributed by atoms with Crippen molar-refractivity contribution in [1.29, 1.82) is 0 Å². The molecular weight excluding hydrogens is 304 g/mol. The van der Waals surface area contributed by atoms with Crippen molar-refractivity contribution >= 4 is 17.7 Å². The molecule has 24 heavy (non-hydrogen) atoms. The number of primary amides is 1. The third-order valence-electron chi connectivity index (χ3n) is 3.57. The Morgan fingerprint density at radius 2 is 1.75 bits per heavy atom. The van der Waals surface area contributed by atoms with E-state index in [0.717, 1.165) is 12.8 Å². The fourth-order valence-corrected chi connectivity index (χ4v) is 2.14. The average molecular weight is 330 g/mol. The van der Waals surface area contributed by atoms with Crippen molar-refractivity contribution in [1.82, 2.24) is 0 Å². The van der Waals surface area contributed by atoms with E-state index in [1.54, 1.807) is 24.3 Å². The second kappa shape index (κ2) is 9.55. The number of nitrogens with two attached hydrogens (primary N) is 1. The number of amides is 2. The van der Waals surface area contributed by atoms with E-state index in [1.165, 1.54) is 23.2 Å². The molecular formula is C19H26N2O3. The molecule has 2 N–H and O–H groups in total. The average Bonchev–Trinajstić information content (AvgIpc) is 2.54. The Morgan fingerprint density at radius 1 is 1.12 bits per heavy atom. The lowest BCUT2D eigenvalue weighted by Gasteiger charge is -2.20. The van der Waals surface area contributed by atoms with Gasteiger partial charge in [-0.3, -0.25) is 9.69 Å². The number of rotatable bonds is 7. The van der Waals surface area contributed by atoms with Gasteiger partial charge >= 0.3 is 6.09 Å². The van der Waals surface area contributed by atoms with Crippen molar-refractivity contribution in [3.63, 3.8) is 0 Å². The predicted octanol–water partition coefficient (Wildman–Crippen LogP) is 4.05. The zero-order valence-corrected chi connectivity index (χ0v) is 14.8. The Bertz CT molecular complexity index is 627. The monoisotopic (exact) mass is 330 g/mol. The van der Waals surface area contributed by atoms with Gasteiger partial charge in [-0.1, -0.05) is 23.3 Å². The molecule has 0 unspecified atom stereocenters. The quantitative estimate of drug-likeness (QED) is 0.767. The number of hydrogen-bond acceptors (Lipinski definition) is 3. The van der Waals surface area contributed by atoms with Gasteiger partial charge in [0.1, 0.15) is 0 Å². The van der Waals surface area contributed by atoms with Crippen LogP contribution in [0.25, 0.3) is 0 Å². The maximum absolute atomic E-state index is 12.0. The van der Waals surface area contributed by atoms with Gasteiger partial charge in [-0.2, -0.15) is 0 Å². The molecule has 2 amide bonds. The molecule has 0 saturated heterocycles. The standard InChI is InChI=1S/C19H26N2O3/c1-14(2)6-5-7-15(3)12-13-21(19(23)24-4)17-10-8-16(9-11-17)18(20)22/h6,8-12H,5,7,13H2,1-4H3,(H2,20,22). The Hall–Kier alpha value is -2.56. The number of carbonyl (C=O) groups excluding carboxylic acids is 2. The summed E-state index contributed by atoms with van der Waals surface area (Å²) in [5.74, 6) is -0.499. The highest BCUT2D eigenvalue weighted by atomic mass is 16.5. The van der Waals surface area contributed by atoms with E-state index in [4.69, 9.17) is 10.5 Å². The minimum atomic E-state index is -0.499. The first-order chi connectivity index (χ1) is 11.3. The SMILES string of the molecule is COC(=O)N(CC=C(C)CCC=C(C)C)c1ccc(C(N)=O)cc1. The maximum Gasteiger partial charge on any atom is 0.414 e. The number of benzene rings is 1. The van der Waals surface area contributed by atoms with E-state index in [-0.39, 0.29) is 0 Å². The van der Waals surface area contributed by atoms with Crippen LogP contribution < -0.4 is 10.6 Å². The van der Waals surface area contributed by atoms with Crippen molar-refractivity contribution in [2.75, 3.05) is 18.6 Å². The van der Waals surface area contributed by atoms with Crippen LogP contribution in [0.1, 0.15) is 44.0 Å². The summed E-state index contributed by atoms with van der Waals surface area (Å²) >= 11 is 0. The normalized spacial score (nSPS) is 10.9. The van der Waals surface area contributed by atoms with Gasteiger partial charge in [0.25, 0.3) is 0 Å². The molecule has 1 rings (SSSR count). The summed E-state index contributed by atoms with van der Waals surface area (Å²) in [6, 6.07) is 6.56. The molecule has 0 heterocycles. The van der Waals surface area contributed by atoms with Crippen LogP contribution in [0.3, 0.4) is 0 Å². The third-order valence-corrected chi connectivity index (χ3v) is 3.57. The number of anilines is 1. The molecule has 0 radical (unpaired) electrons. The summed E-state index contributed by atoms with van der Waals surface area (Å²) in [6.07, 6.45) is 5.68. The first kappa shape index (κ1) is 19.5. The van der Waals surface area contributed by atoms with Crippen LogP contribution in [-0.2, 0) is 4.74 Å². The molecule has 0 atom stereocenters. The summed E-state index contributed by atoms with van der Waals surface area (Å²) < 4.78 is 4.85. The van der Waals surface area contributed by atoms with Gasteiger partial charge in [-0.15, -0.1) is 0 Å². The summed E-state index contributed by atoms with van der Waals surface area (Å²) in [7, 11) is 1.35. The number of carbonyl (C=O) groups is 2. The van der Waals surface area contributed by atoms with Crippen LogP contribution in [0.4, 0.5) is 10.5 Å². The van der Waals surface area contributed by atoms with Crippen LogP contribution in [0.5, 0.6) is 0 Å². The van der Waals surface area contributed by atoms with E-state index in [0.29, 0.717) is 17.8 Å². The Kier molecular flexibility index (Phi) is 7.75. The topological polar surface area (TPSA) is 72.6 Å². The maximum atomic E-state index is 12.0. The van der Waals surface area contributed by atoms with Crippen molar-refractivity contribution in [3.8, 4) is 0 Å². The molecule has 0 fully saturated rings. The largest absolute Gasteiger partial charge is 0.452 e. The Morgan fingerprint density at radius 3 is 2.25 bits per heavy atom. The minimum Gasteiger partial charge on any atom is -0.452 e. The number of allylic oxidation sites excluding steroid dienone is 3. The molecule has 0 aliphatic heterocycles. The Balaban J connectivity index is 2.84. The molecule has 0 aliphatic carbocycles. The zero-order valence-electron chi connectivity index (χ0n) is 14.8. The fraction of sp³-hybridized carbons (Fsp3) is 0.368. The van der Waals surface area contributed by atoms with Crippen molar-refractivity contribution in [2.45, 2.75) is 33.6 Å². The minimum absolute atomic E-state index is 0.400. The predicted molar refractivity (Wildman–Crippen MR) is 97.1 cm³/mol. The molecule has 0 saturated carbocycles. The van der Waals surface area contributed by atoms with Crippen LogP contribution in [-0.4, -0.2) is 25.7 Å². The van der Waals surface area contributed by atoms with Gasteiger partial charge in [0, 0.05) is 17.8 Å². The van der Waals surface area contributed by atoms with Gasteiger partial charge in [0.15, 0.2) is 0 Å². The highest BCUT2D eigenvalue weighted by Gasteiger charge is 2.15. The summed E-state index contributed by atoms with van der Waals surface area (Å²) in [4.78, 5) is 24.7. The zero-order chi connectivity index (χ0) is 18.1. The number of methoxy groups -OCH3 is 1. The van der Waals surface area contributed by atoms with E-state index >= 15 is 0 Å². The summed E-state index contributed by atoms with van der Waals surface area (Å²) in [5.41, 5.74) is 8.79. The van der Waals surface area contributed by atoms with Gasteiger partial charge in [0.2, 0.25) is 5.91 Å². The molecule has 1 aromatic rings. The second-order valence-electron chi connectivity index (χ2n) is 5.86. The molecule has 0 spiro atoms. The van der Waals surface area contributed by atoms with Crippen LogP contribution in [0.15, 0.2) is 47.6 Å². The number of hydrogen-bond donors (Lipinski definition) is 1. The van der Waals surface area contributed by atoms with E-state index < -0.39 is 12.0 Å². The summed E-state index contributed by atoms with van der Waals surface area (Å²) in [6.45, 7) is 6.61. The molecule has 0 bridgehead atoms. The molecule has 5 heteroatoms. The lowest BCUT2D eigenvalue weighted by atomic mass is 10.1. The summed E-state index contributed by atoms with van der Waals surface area (Å²) in [5, 5.41) is 0. The van der Waals surface area contributed by atoms with E-state index in [9.17, 15) is 9.59 Å². The molecule has 130 valence electrons.